The zero-order valence-corrected chi connectivity index (χ0v) is 22.9. The molecule has 0 bridgehead atoms. The quantitative estimate of drug-likeness (QED) is 0.193. The van der Waals surface area contributed by atoms with Gasteiger partial charge in [0, 0.05) is 20.2 Å². The van der Waals surface area contributed by atoms with E-state index in [-0.39, 0.29) is 0 Å². The predicted molar refractivity (Wildman–Crippen MR) is 180 cm³/mol. The lowest BCUT2D eigenvalue weighted by Gasteiger charge is -2.16. The molecule has 0 fully saturated rings. The van der Waals surface area contributed by atoms with Gasteiger partial charge in [-0.3, -0.25) is 0 Å². The van der Waals surface area contributed by atoms with Gasteiger partial charge in [0.15, 0.2) is 0 Å². The maximum atomic E-state index is 2.39. The van der Waals surface area contributed by atoms with Gasteiger partial charge in [-0.15, -0.1) is 11.3 Å². The third-order valence-electron chi connectivity index (χ3n) is 9.14. The zero-order chi connectivity index (χ0) is 26.7. The molecule has 10 rings (SSSR count). The lowest BCUT2D eigenvalue weighted by molar-refractivity contribution is 1.68. The molecule has 0 nitrogen and oxygen atoms in total. The topological polar surface area (TPSA) is 0 Å². The number of hydrogen-bond acceptors (Lipinski definition) is 1. The largest absolute Gasteiger partial charge is 0.135 e. The molecular weight excluding hydrogens is 513 g/mol. The molecule has 0 radical (unpaired) electrons. The van der Waals surface area contributed by atoms with Crippen LogP contribution >= 0.6 is 11.3 Å². The van der Waals surface area contributed by atoms with Crippen LogP contribution in [0.3, 0.4) is 0 Å². The molecule has 9 aromatic carbocycles. The molecule has 1 aromatic heterocycles. The van der Waals surface area contributed by atoms with E-state index in [1.807, 2.05) is 11.3 Å². The van der Waals surface area contributed by atoms with Gasteiger partial charge in [-0.05, 0) is 100 Å². The van der Waals surface area contributed by atoms with Crippen LogP contribution in [0.5, 0.6) is 0 Å². The first-order valence-electron chi connectivity index (χ1n) is 14.2. The lowest BCUT2D eigenvalue weighted by atomic mass is 9.88. The van der Waals surface area contributed by atoms with Crippen LogP contribution in [-0.4, -0.2) is 0 Å². The van der Waals surface area contributed by atoms with E-state index in [1.165, 1.54) is 96.3 Å². The summed E-state index contributed by atoms with van der Waals surface area (Å²) in [7, 11) is 0. The minimum Gasteiger partial charge on any atom is -0.135 e. The molecule has 0 aliphatic rings. The minimum atomic E-state index is 1.26. The zero-order valence-electron chi connectivity index (χ0n) is 22.1. The van der Waals surface area contributed by atoms with Crippen LogP contribution in [0.15, 0.2) is 133 Å². The Hall–Kier alpha value is -4.98. The van der Waals surface area contributed by atoms with Crippen molar-refractivity contribution in [3.8, 4) is 22.3 Å². The maximum Gasteiger partial charge on any atom is 0.0367 e. The third kappa shape index (κ3) is 2.94. The highest BCUT2D eigenvalue weighted by molar-refractivity contribution is 7.26. The average molecular weight is 535 g/mol. The summed E-state index contributed by atoms with van der Waals surface area (Å²) < 4.78 is 2.74. The summed E-state index contributed by atoms with van der Waals surface area (Å²) in [6, 6.07) is 50.0. The fraction of sp³-hybridized carbons (Fsp3) is 0. The summed E-state index contributed by atoms with van der Waals surface area (Å²) in [5.74, 6) is 0. The number of rotatable bonds is 2. The number of thiophene rings is 1. The van der Waals surface area contributed by atoms with Crippen LogP contribution in [0, 0.1) is 0 Å². The molecule has 0 N–H and O–H groups in total. The summed E-state index contributed by atoms with van der Waals surface area (Å²) in [5, 5.41) is 16.0. The second-order valence-corrected chi connectivity index (χ2v) is 12.4. The highest BCUT2D eigenvalue weighted by atomic mass is 32.1. The maximum absolute atomic E-state index is 2.39. The molecule has 1 heterocycles. The van der Waals surface area contributed by atoms with Crippen molar-refractivity contribution in [3.05, 3.63) is 133 Å². The standard InChI is InChI=1S/C40H22S/c1-4-23-10-11-26-14-18-33(34-19-15-24(5-1)37(23)38(26)34)32-8-2-7-28-20-27(16-17-31(28)32)30-21-29-13-12-25-6-3-9-35-39(25)40(29)36(22-30)41-35/h1-22H. The van der Waals surface area contributed by atoms with E-state index in [1.54, 1.807) is 0 Å². The van der Waals surface area contributed by atoms with Crippen LogP contribution in [0.1, 0.15) is 0 Å². The van der Waals surface area contributed by atoms with Gasteiger partial charge in [0.25, 0.3) is 0 Å². The molecule has 0 atom stereocenters. The van der Waals surface area contributed by atoms with Crippen LogP contribution in [0.25, 0.3) is 96.3 Å². The Balaban J connectivity index is 1.18. The molecule has 0 amide bonds. The van der Waals surface area contributed by atoms with E-state index in [0.29, 0.717) is 0 Å². The lowest BCUT2D eigenvalue weighted by Crippen LogP contribution is -1.88. The number of hydrogen-bond donors (Lipinski definition) is 0. The van der Waals surface area contributed by atoms with Gasteiger partial charge in [-0.25, -0.2) is 0 Å². The second-order valence-electron chi connectivity index (χ2n) is 11.3. The van der Waals surface area contributed by atoms with E-state index in [2.05, 4.69) is 133 Å². The molecule has 0 saturated heterocycles. The smallest absolute Gasteiger partial charge is 0.0367 e. The van der Waals surface area contributed by atoms with Crippen molar-refractivity contribution >= 4 is 85.4 Å². The first-order chi connectivity index (χ1) is 20.3. The van der Waals surface area contributed by atoms with Gasteiger partial charge in [0.1, 0.15) is 0 Å². The van der Waals surface area contributed by atoms with E-state index >= 15 is 0 Å². The fourth-order valence-corrected chi connectivity index (χ4v) is 8.50. The van der Waals surface area contributed by atoms with Crippen LogP contribution in [-0.2, 0) is 0 Å². The Labute approximate surface area is 240 Å². The van der Waals surface area contributed by atoms with Gasteiger partial charge in [0.05, 0.1) is 0 Å². The highest BCUT2D eigenvalue weighted by Crippen LogP contribution is 2.44. The molecule has 188 valence electrons. The Bertz CT molecular complexity index is 2620. The fourth-order valence-electron chi connectivity index (χ4n) is 7.29. The van der Waals surface area contributed by atoms with Crippen molar-refractivity contribution in [2.45, 2.75) is 0 Å². The molecule has 0 saturated carbocycles. The van der Waals surface area contributed by atoms with E-state index in [0.717, 1.165) is 0 Å². The first kappa shape index (κ1) is 21.8. The van der Waals surface area contributed by atoms with Gasteiger partial charge < -0.3 is 0 Å². The number of fused-ring (bicyclic) bond motifs is 1. The molecule has 1 heteroatoms. The van der Waals surface area contributed by atoms with Gasteiger partial charge in [0.2, 0.25) is 0 Å². The summed E-state index contributed by atoms with van der Waals surface area (Å²) in [6.07, 6.45) is 0. The predicted octanol–water partition coefficient (Wildman–Crippen LogP) is 12.0. The molecule has 0 unspecified atom stereocenters. The first-order valence-corrected chi connectivity index (χ1v) is 15.0. The molecule has 0 aliphatic heterocycles. The van der Waals surface area contributed by atoms with Crippen LogP contribution in [0.2, 0.25) is 0 Å². The van der Waals surface area contributed by atoms with E-state index in [4.69, 9.17) is 0 Å². The molecule has 0 aliphatic carbocycles. The van der Waals surface area contributed by atoms with Crippen LogP contribution < -0.4 is 0 Å². The molecule has 0 spiro atoms. The SMILES string of the molecule is c1cc(-c2ccc3ccc4cccc5ccc2c3c45)c2ccc(-c3cc4ccc5cccc6sc(c3)c4c56)cc2c1. The van der Waals surface area contributed by atoms with Crippen molar-refractivity contribution in [1.29, 1.82) is 0 Å². The average Bonchev–Trinajstić information content (AvgIpc) is 3.41. The van der Waals surface area contributed by atoms with Gasteiger partial charge in [-0.2, -0.15) is 0 Å². The van der Waals surface area contributed by atoms with Gasteiger partial charge >= 0.3 is 0 Å². The normalized spacial score (nSPS) is 12.4. The molecule has 41 heavy (non-hydrogen) atoms. The highest BCUT2D eigenvalue weighted by Gasteiger charge is 2.15. The minimum absolute atomic E-state index is 1.26. The van der Waals surface area contributed by atoms with Crippen molar-refractivity contribution in [1.82, 2.24) is 0 Å². The molecular formula is C40H22S. The Morgan fingerprint density at radius 2 is 0.902 bits per heavy atom. The van der Waals surface area contributed by atoms with E-state index < -0.39 is 0 Å². The Morgan fingerprint density at radius 3 is 1.78 bits per heavy atom. The third-order valence-corrected chi connectivity index (χ3v) is 10.2. The van der Waals surface area contributed by atoms with Crippen molar-refractivity contribution < 1.29 is 0 Å². The molecule has 10 aromatic rings. The van der Waals surface area contributed by atoms with Crippen molar-refractivity contribution in [2.75, 3.05) is 0 Å². The Morgan fingerprint density at radius 1 is 0.317 bits per heavy atom. The monoisotopic (exact) mass is 534 g/mol. The number of benzene rings is 9. The summed E-state index contributed by atoms with van der Waals surface area (Å²) >= 11 is 1.91. The van der Waals surface area contributed by atoms with Crippen molar-refractivity contribution in [3.63, 3.8) is 0 Å². The Kier molecular flexibility index (Phi) is 4.15. The summed E-state index contributed by atoms with van der Waals surface area (Å²) in [6.45, 7) is 0. The van der Waals surface area contributed by atoms with Gasteiger partial charge in [-0.1, -0.05) is 109 Å². The van der Waals surface area contributed by atoms with Crippen molar-refractivity contribution in [2.24, 2.45) is 0 Å². The second kappa shape index (κ2) is 7.81. The van der Waals surface area contributed by atoms with Crippen LogP contribution in [0.4, 0.5) is 0 Å². The summed E-state index contributed by atoms with van der Waals surface area (Å²) in [4.78, 5) is 0. The van der Waals surface area contributed by atoms with E-state index in [9.17, 15) is 0 Å². The summed E-state index contributed by atoms with van der Waals surface area (Å²) in [5.41, 5.74) is 5.13.